The second kappa shape index (κ2) is 5.32. The normalized spacial score (nSPS) is 14.2. The summed E-state index contributed by atoms with van der Waals surface area (Å²) in [6.45, 7) is 8.79. The van der Waals surface area contributed by atoms with E-state index >= 15 is 0 Å². The van der Waals surface area contributed by atoms with Crippen LogP contribution in [0.15, 0.2) is 0 Å². The number of carbonyl (C=O) groups excluding carboxylic acids is 1. The maximum Gasteiger partial charge on any atom is 0.240 e. The molecule has 0 heterocycles. The topological polar surface area (TPSA) is 58.4 Å². The van der Waals surface area contributed by atoms with Gasteiger partial charge in [0, 0.05) is 12.6 Å². The van der Waals surface area contributed by atoms with Crippen molar-refractivity contribution in [3.8, 4) is 0 Å². The van der Waals surface area contributed by atoms with Crippen molar-refractivity contribution in [2.75, 3.05) is 13.6 Å². The first kappa shape index (κ1) is 13.4. The molecule has 0 fully saturated rings. The van der Waals surface area contributed by atoms with E-state index in [0.717, 1.165) is 6.42 Å². The second-order valence-electron chi connectivity index (χ2n) is 4.53. The molecule has 0 saturated carbocycles. The molecule has 0 radical (unpaired) electrons. The number of nitrogens with one attached hydrogen (secondary N) is 1. The van der Waals surface area contributed by atoms with E-state index in [4.69, 9.17) is 5.84 Å². The number of nitrogens with two attached hydrogens (primary N) is 1. The second-order valence-corrected chi connectivity index (χ2v) is 4.53. The molecule has 4 heteroatoms. The van der Waals surface area contributed by atoms with Crippen molar-refractivity contribution >= 4 is 5.91 Å². The monoisotopic (exact) mass is 201 g/mol. The first-order valence-electron chi connectivity index (χ1n) is 5.06. The van der Waals surface area contributed by atoms with Crippen LogP contribution in [0.4, 0.5) is 0 Å². The van der Waals surface area contributed by atoms with Crippen LogP contribution in [0.2, 0.25) is 0 Å². The number of hydrazine groups is 1. The minimum Gasteiger partial charge on any atom is -0.303 e. The molecule has 84 valence electrons. The highest BCUT2D eigenvalue weighted by Crippen LogP contribution is 2.17. The molecule has 1 atom stereocenters. The Morgan fingerprint density at radius 3 is 2.43 bits per heavy atom. The molecular weight excluding hydrogens is 178 g/mol. The van der Waals surface area contributed by atoms with E-state index in [0.29, 0.717) is 12.6 Å². The van der Waals surface area contributed by atoms with Crippen LogP contribution >= 0.6 is 0 Å². The zero-order valence-electron chi connectivity index (χ0n) is 9.92. The largest absolute Gasteiger partial charge is 0.303 e. The molecule has 0 saturated heterocycles. The Labute approximate surface area is 86.8 Å². The average molecular weight is 201 g/mol. The van der Waals surface area contributed by atoms with Gasteiger partial charge in [-0.05, 0) is 34.2 Å². The lowest BCUT2D eigenvalue weighted by Gasteiger charge is -2.31. The van der Waals surface area contributed by atoms with Crippen molar-refractivity contribution in [1.82, 2.24) is 10.3 Å². The summed E-state index contributed by atoms with van der Waals surface area (Å²) >= 11 is 0. The first-order chi connectivity index (χ1) is 6.35. The number of carbonyl (C=O) groups is 1. The standard InChI is InChI=1S/C10H23N3O/c1-6-8(2)13(5)7-10(3,4)9(14)12-11/h8H,6-7,11H2,1-5H3,(H,12,14). The molecule has 0 spiro atoms. The van der Waals surface area contributed by atoms with E-state index in [2.05, 4.69) is 24.2 Å². The lowest BCUT2D eigenvalue weighted by atomic mass is 9.91. The van der Waals surface area contributed by atoms with Gasteiger partial charge < -0.3 is 4.90 Å². The average Bonchev–Trinajstić information content (AvgIpc) is 2.14. The summed E-state index contributed by atoms with van der Waals surface area (Å²) in [6, 6.07) is 0.486. The molecule has 4 nitrogen and oxygen atoms in total. The zero-order chi connectivity index (χ0) is 11.4. The summed E-state index contributed by atoms with van der Waals surface area (Å²) in [7, 11) is 2.03. The fraction of sp³-hybridized carbons (Fsp3) is 0.900. The molecule has 0 aromatic heterocycles. The summed E-state index contributed by atoms with van der Waals surface area (Å²) in [5, 5.41) is 0. The van der Waals surface area contributed by atoms with Crippen molar-refractivity contribution in [3.63, 3.8) is 0 Å². The van der Waals surface area contributed by atoms with Crippen molar-refractivity contribution < 1.29 is 4.79 Å². The Morgan fingerprint density at radius 1 is 1.57 bits per heavy atom. The maximum atomic E-state index is 11.4. The van der Waals surface area contributed by atoms with Crippen LogP contribution < -0.4 is 11.3 Å². The lowest BCUT2D eigenvalue weighted by molar-refractivity contribution is -0.130. The zero-order valence-corrected chi connectivity index (χ0v) is 9.92. The van der Waals surface area contributed by atoms with E-state index in [1.807, 2.05) is 20.9 Å². The molecule has 0 aliphatic rings. The molecule has 3 N–H and O–H groups in total. The van der Waals surface area contributed by atoms with Gasteiger partial charge in [0.05, 0.1) is 5.41 Å². The summed E-state index contributed by atoms with van der Waals surface area (Å²) in [5.74, 6) is 5.01. The molecule has 0 bridgehead atoms. The highest BCUT2D eigenvalue weighted by atomic mass is 16.2. The summed E-state index contributed by atoms with van der Waals surface area (Å²) < 4.78 is 0. The van der Waals surface area contributed by atoms with E-state index in [1.165, 1.54) is 0 Å². The Hall–Kier alpha value is -0.610. The Bertz CT molecular complexity index is 192. The van der Waals surface area contributed by atoms with Crippen LogP contribution in [0, 0.1) is 5.41 Å². The van der Waals surface area contributed by atoms with Gasteiger partial charge in [-0.2, -0.15) is 0 Å². The van der Waals surface area contributed by atoms with Crippen molar-refractivity contribution in [3.05, 3.63) is 0 Å². The molecule has 0 aromatic carbocycles. The highest BCUT2D eigenvalue weighted by molar-refractivity contribution is 5.81. The van der Waals surface area contributed by atoms with Gasteiger partial charge >= 0.3 is 0 Å². The van der Waals surface area contributed by atoms with E-state index in [-0.39, 0.29) is 5.91 Å². The van der Waals surface area contributed by atoms with Crippen LogP contribution in [0.5, 0.6) is 0 Å². The predicted octanol–water partition coefficient (Wildman–Crippen LogP) is 0.733. The summed E-state index contributed by atoms with van der Waals surface area (Å²) in [4.78, 5) is 13.6. The van der Waals surface area contributed by atoms with E-state index in [9.17, 15) is 4.79 Å². The fourth-order valence-corrected chi connectivity index (χ4v) is 1.36. The van der Waals surface area contributed by atoms with Crippen molar-refractivity contribution in [1.29, 1.82) is 0 Å². The van der Waals surface area contributed by atoms with E-state index < -0.39 is 5.41 Å². The number of hydrogen-bond acceptors (Lipinski definition) is 3. The summed E-state index contributed by atoms with van der Waals surface area (Å²) in [6.07, 6.45) is 1.08. The predicted molar refractivity (Wildman–Crippen MR) is 58.5 cm³/mol. The lowest BCUT2D eigenvalue weighted by Crippen LogP contribution is -2.48. The Kier molecular flexibility index (Phi) is 5.08. The number of nitrogens with zero attached hydrogens (tertiary/aromatic N) is 1. The molecule has 1 unspecified atom stereocenters. The highest BCUT2D eigenvalue weighted by Gasteiger charge is 2.29. The van der Waals surface area contributed by atoms with Crippen LogP contribution in [0.1, 0.15) is 34.1 Å². The third-order valence-electron chi connectivity index (χ3n) is 2.73. The smallest absolute Gasteiger partial charge is 0.240 e. The fourth-order valence-electron chi connectivity index (χ4n) is 1.36. The number of amides is 1. The van der Waals surface area contributed by atoms with Crippen molar-refractivity contribution in [2.24, 2.45) is 11.3 Å². The minimum atomic E-state index is -0.438. The van der Waals surface area contributed by atoms with Gasteiger partial charge in [-0.1, -0.05) is 6.92 Å². The molecule has 0 aliphatic carbocycles. The van der Waals surface area contributed by atoms with Gasteiger partial charge in [-0.3, -0.25) is 10.2 Å². The van der Waals surface area contributed by atoms with Crippen molar-refractivity contribution in [2.45, 2.75) is 40.2 Å². The third kappa shape index (κ3) is 3.64. The first-order valence-corrected chi connectivity index (χ1v) is 5.06. The molecule has 0 aliphatic heterocycles. The maximum absolute atomic E-state index is 11.4. The van der Waals surface area contributed by atoms with Gasteiger partial charge in [0.15, 0.2) is 0 Å². The molecule has 0 aromatic rings. The van der Waals surface area contributed by atoms with Crippen LogP contribution in [0.3, 0.4) is 0 Å². The summed E-state index contributed by atoms with van der Waals surface area (Å²) in [5.41, 5.74) is 1.76. The van der Waals surface area contributed by atoms with Gasteiger partial charge in [0.2, 0.25) is 5.91 Å². The van der Waals surface area contributed by atoms with Gasteiger partial charge in [-0.25, -0.2) is 5.84 Å². The number of rotatable bonds is 5. The molecule has 14 heavy (non-hydrogen) atoms. The van der Waals surface area contributed by atoms with Gasteiger partial charge in [0.1, 0.15) is 0 Å². The van der Waals surface area contributed by atoms with Crippen LogP contribution in [0.25, 0.3) is 0 Å². The third-order valence-corrected chi connectivity index (χ3v) is 2.73. The minimum absolute atomic E-state index is 0.118. The Balaban J connectivity index is 4.28. The molecule has 0 rings (SSSR count). The van der Waals surface area contributed by atoms with Gasteiger partial charge in [0.25, 0.3) is 0 Å². The van der Waals surface area contributed by atoms with Crippen LogP contribution in [-0.4, -0.2) is 30.4 Å². The number of hydrogen-bond donors (Lipinski definition) is 2. The Morgan fingerprint density at radius 2 is 2.07 bits per heavy atom. The molecular formula is C10H23N3O. The van der Waals surface area contributed by atoms with Gasteiger partial charge in [-0.15, -0.1) is 0 Å². The quantitative estimate of drug-likeness (QED) is 0.392. The van der Waals surface area contributed by atoms with E-state index in [1.54, 1.807) is 0 Å². The molecule has 1 amide bonds. The SMILES string of the molecule is CCC(C)N(C)CC(C)(C)C(=O)NN. The van der Waals surface area contributed by atoms with Crippen LogP contribution in [-0.2, 0) is 4.79 Å².